The highest BCUT2D eigenvalue weighted by Gasteiger charge is 2.16. The Balaban J connectivity index is 2.16. The Morgan fingerprint density at radius 3 is 2.13 bits per heavy atom. The lowest BCUT2D eigenvalue weighted by atomic mass is 10.1. The largest absolute Gasteiger partial charge is 0.491 e. The second-order valence-corrected chi connectivity index (χ2v) is 6.87. The van der Waals surface area contributed by atoms with Gasteiger partial charge >= 0.3 is 0 Å². The molecule has 0 amide bonds. The van der Waals surface area contributed by atoms with Gasteiger partial charge in [0.1, 0.15) is 12.4 Å². The molecule has 0 saturated carbocycles. The molecule has 2 aromatic rings. The zero-order chi connectivity index (χ0) is 16.9. The van der Waals surface area contributed by atoms with Crippen LogP contribution in [0.2, 0.25) is 0 Å². The van der Waals surface area contributed by atoms with E-state index in [9.17, 15) is 8.42 Å². The molecule has 1 N–H and O–H groups in total. The highest BCUT2D eigenvalue weighted by molar-refractivity contribution is 7.92. The summed E-state index contributed by atoms with van der Waals surface area (Å²) >= 11 is 0. The molecule has 0 aliphatic heterocycles. The number of sulfonamides is 1. The van der Waals surface area contributed by atoms with E-state index >= 15 is 0 Å². The van der Waals surface area contributed by atoms with Gasteiger partial charge in [-0.1, -0.05) is 18.2 Å². The average Bonchev–Trinajstić information content (AvgIpc) is 2.52. The predicted octanol–water partition coefficient (Wildman–Crippen LogP) is 3.13. The summed E-state index contributed by atoms with van der Waals surface area (Å²) in [4.78, 5) is 0.194. The number of rotatable bonds is 7. The van der Waals surface area contributed by atoms with E-state index in [4.69, 9.17) is 9.47 Å². The minimum Gasteiger partial charge on any atom is -0.491 e. The number of hydrogen-bond acceptors (Lipinski definition) is 4. The maximum absolute atomic E-state index is 12.5. The standard InChI is InChI=1S/C17H21NO4S/c1-13-5-4-6-14(2)17(13)18-23(19,20)16-9-7-15(8-10-16)22-12-11-21-3/h4-10,18H,11-12H2,1-3H3. The van der Waals surface area contributed by atoms with Crippen molar-refractivity contribution in [3.05, 3.63) is 53.6 Å². The number of aryl methyl sites for hydroxylation is 2. The van der Waals surface area contributed by atoms with E-state index in [1.54, 1.807) is 19.2 Å². The van der Waals surface area contributed by atoms with E-state index in [2.05, 4.69) is 4.72 Å². The van der Waals surface area contributed by atoms with Crippen LogP contribution in [0.15, 0.2) is 47.4 Å². The fraction of sp³-hybridized carbons (Fsp3) is 0.294. The normalized spacial score (nSPS) is 11.3. The first-order valence-electron chi connectivity index (χ1n) is 7.25. The van der Waals surface area contributed by atoms with Gasteiger partial charge < -0.3 is 9.47 Å². The molecule has 0 radical (unpaired) electrons. The summed E-state index contributed by atoms with van der Waals surface area (Å²) in [6.07, 6.45) is 0. The molecule has 0 bridgehead atoms. The molecular formula is C17H21NO4S. The molecular weight excluding hydrogens is 314 g/mol. The minimum absolute atomic E-state index is 0.194. The SMILES string of the molecule is COCCOc1ccc(S(=O)(=O)Nc2c(C)cccc2C)cc1. The van der Waals surface area contributed by atoms with Crippen LogP contribution in [0.3, 0.4) is 0 Å². The van der Waals surface area contributed by atoms with Crippen LogP contribution < -0.4 is 9.46 Å². The first-order valence-corrected chi connectivity index (χ1v) is 8.73. The highest BCUT2D eigenvalue weighted by Crippen LogP contribution is 2.24. The Labute approximate surface area is 137 Å². The molecule has 2 aromatic carbocycles. The molecule has 124 valence electrons. The summed E-state index contributed by atoms with van der Waals surface area (Å²) in [7, 11) is -2.04. The molecule has 0 saturated heterocycles. The van der Waals surface area contributed by atoms with Gasteiger partial charge in [0.15, 0.2) is 0 Å². The molecule has 0 spiro atoms. The Kier molecular flexibility index (Phi) is 5.63. The average molecular weight is 335 g/mol. The maximum atomic E-state index is 12.5. The van der Waals surface area contributed by atoms with Crippen LogP contribution in [0.1, 0.15) is 11.1 Å². The van der Waals surface area contributed by atoms with E-state index in [1.165, 1.54) is 12.1 Å². The summed E-state index contributed by atoms with van der Waals surface area (Å²) in [6, 6.07) is 12.0. The van der Waals surface area contributed by atoms with Gasteiger partial charge in [-0.15, -0.1) is 0 Å². The van der Waals surface area contributed by atoms with Gasteiger partial charge in [0.25, 0.3) is 10.0 Å². The van der Waals surface area contributed by atoms with Crippen LogP contribution in [0.5, 0.6) is 5.75 Å². The second-order valence-electron chi connectivity index (χ2n) is 5.18. The monoisotopic (exact) mass is 335 g/mol. The number of hydrogen-bond donors (Lipinski definition) is 1. The molecule has 6 heteroatoms. The van der Waals surface area contributed by atoms with Crippen molar-refractivity contribution in [1.29, 1.82) is 0 Å². The van der Waals surface area contributed by atoms with Crippen molar-refractivity contribution in [3.8, 4) is 5.75 Å². The fourth-order valence-corrected chi connectivity index (χ4v) is 3.33. The third-order valence-corrected chi connectivity index (χ3v) is 4.77. The van der Waals surface area contributed by atoms with Gasteiger partial charge in [-0.05, 0) is 49.2 Å². The molecule has 2 rings (SSSR count). The number of benzene rings is 2. The van der Waals surface area contributed by atoms with Crippen molar-refractivity contribution in [2.75, 3.05) is 25.0 Å². The topological polar surface area (TPSA) is 64.6 Å². The van der Waals surface area contributed by atoms with Gasteiger partial charge in [0.05, 0.1) is 17.2 Å². The molecule has 0 unspecified atom stereocenters. The van der Waals surface area contributed by atoms with Crippen LogP contribution in [-0.2, 0) is 14.8 Å². The van der Waals surface area contributed by atoms with Crippen molar-refractivity contribution in [3.63, 3.8) is 0 Å². The zero-order valence-corrected chi connectivity index (χ0v) is 14.3. The quantitative estimate of drug-likeness (QED) is 0.790. The maximum Gasteiger partial charge on any atom is 0.261 e. The lowest BCUT2D eigenvalue weighted by Gasteiger charge is -2.13. The molecule has 0 heterocycles. The third-order valence-electron chi connectivity index (χ3n) is 3.41. The smallest absolute Gasteiger partial charge is 0.261 e. The minimum atomic E-state index is -3.63. The molecule has 0 atom stereocenters. The molecule has 23 heavy (non-hydrogen) atoms. The third kappa shape index (κ3) is 4.46. The lowest BCUT2D eigenvalue weighted by Crippen LogP contribution is -2.14. The lowest BCUT2D eigenvalue weighted by molar-refractivity contribution is 0.146. The van der Waals surface area contributed by atoms with E-state index in [-0.39, 0.29) is 4.90 Å². The number of nitrogens with one attached hydrogen (secondary N) is 1. The first kappa shape index (κ1) is 17.3. The van der Waals surface area contributed by atoms with E-state index in [0.29, 0.717) is 24.7 Å². The summed E-state index contributed by atoms with van der Waals surface area (Å²) in [5.74, 6) is 0.605. The van der Waals surface area contributed by atoms with Gasteiger partial charge in [-0.25, -0.2) is 8.42 Å². The number of methoxy groups -OCH3 is 1. The Morgan fingerprint density at radius 2 is 1.57 bits per heavy atom. The number of ether oxygens (including phenoxy) is 2. The van der Waals surface area contributed by atoms with Crippen LogP contribution in [0, 0.1) is 13.8 Å². The second kappa shape index (κ2) is 7.48. The van der Waals surface area contributed by atoms with Gasteiger partial charge in [-0.2, -0.15) is 0 Å². The van der Waals surface area contributed by atoms with Crippen molar-refractivity contribution < 1.29 is 17.9 Å². The molecule has 0 aliphatic carbocycles. The summed E-state index contributed by atoms with van der Waals surface area (Å²) in [5.41, 5.74) is 2.38. The molecule has 0 aliphatic rings. The molecule has 5 nitrogen and oxygen atoms in total. The first-order chi connectivity index (χ1) is 10.9. The van der Waals surface area contributed by atoms with Crippen LogP contribution in [0.25, 0.3) is 0 Å². The summed E-state index contributed by atoms with van der Waals surface area (Å²) in [6.45, 7) is 4.65. The van der Waals surface area contributed by atoms with E-state index in [0.717, 1.165) is 11.1 Å². The van der Waals surface area contributed by atoms with Gasteiger partial charge in [0, 0.05) is 7.11 Å². The van der Waals surface area contributed by atoms with Crippen LogP contribution in [0.4, 0.5) is 5.69 Å². The van der Waals surface area contributed by atoms with E-state index < -0.39 is 10.0 Å². The Morgan fingerprint density at radius 1 is 0.957 bits per heavy atom. The fourth-order valence-electron chi connectivity index (χ4n) is 2.13. The Hall–Kier alpha value is -2.05. The number of anilines is 1. The Bertz CT molecular complexity index is 734. The van der Waals surface area contributed by atoms with Crippen LogP contribution >= 0.6 is 0 Å². The van der Waals surface area contributed by atoms with Gasteiger partial charge in [0.2, 0.25) is 0 Å². The predicted molar refractivity (Wildman–Crippen MR) is 90.5 cm³/mol. The van der Waals surface area contributed by atoms with E-state index in [1.807, 2.05) is 32.0 Å². The molecule has 0 aromatic heterocycles. The summed E-state index contributed by atoms with van der Waals surface area (Å²) in [5, 5.41) is 0. The van der Waals surface area contributed by atoms with Crippen molar-refractivity contribution in [1.82, 2.24) is 0 Å². The van der Waals surface area contributed by atoms with Crippen molar-refractivity contribution in [2.24, 2.45) is 0 Å². The summed E-state index contributed by atoms with van der Waals surface area (Å²) < 4.78 is 38.0. The van der Waals surface area contributed by atoms with Crippen molar-refractivity contribution >= 4 is 15.7 Å². The van der Waals surface area contributed by atoms with Crippen molar-refractivity contribution in [2.45, 2.75) is 18.7 Å². The van der Waals surface area contributed by atoms with Crippen LogP contribution in [-0.4, -0.2) is 28.7 Å². The highest BCUT2D eigenvalue weighted by atomic mass is 32.2. The zero-order valence-electron chi connectivity index (χ0n) is 13.5. The number of para-hydroxylation sites is 1. The molecule has 0 fully saturated rings. The van der Waals surface area contributed by atoms with Gasteiger partial charge in [-0.3, -0.25) is 4.72 Å².